The molecule has 2 rings (SSSR count). The minimum absolute atomic E-state index is 0.0500. The Morgan fingerprint density at radius 1 is 1.11 bits per heavy atom. The molecular formula is C15H15N3O. The summed E-state index contributed by atoms with van der Waals surface area (Å²) < 4.78 is 5.76. The highest BCUT2D eigenvalue weighted by Crippen LogP contribution is 2.33. The zero-order valence-corrected chi connectivity index (χ0v) is 11.2. The van der Waals surface area contributed by atoms with E-state index in [9.17, 15) is 0 Å². The Kier molecular flexibility index (Phi) is 3.48. The molecule has 0 atom stereocenters. The molecule has 1 aromatic carbocycles. The van der Waals surface area contributed by atoms with Crippen LogP contribution in [-0.2, 0) is 5.41 Å². The van der Waals surface area contributed by atoms with E-state index >= 15 is 0 Å². The van der Waals surface area contributed by atoms with E-state index in [1.54, 1.807) is 0 Å². The molecule has 0 spiro atoms. The predicted molar refractivity (Wildman–Crippen MR) is 72.0 cm³/mol. The lowest BCUT2D eigenvalue weighted by Gasteiger charge is -2.22. The van der Waals surface area contributed by atoms with Crippen LogP contribution >= 0.6 is 0 Å². The van der Waals surface area contributed by atoms with Gasteiger partial charge in [-0.05, 0) is 11.5 Å². The van der Waals surface area contributed by atoms with Gasteiger partial charge >= 0.3 is 0 Å². The molecule has 1 aromatic heterocycles. The third-order valence-electron chi connectivity index (χ3n) is 2.67. The van der Waals surface area contributed by atoms with Crippen LogP contribution in [0.25, 0.3) is 0 Å². The molecule has 0 aliphatic rings. The molecule has 0 amide bonds. The highest BCUT2D eigenvalue weighted by Gasteiger charge is 2.19. The number of nitrogens with zero attached hydrogens (tertiary/aromatic N) is 3. The summed E-state index contributed by atoms with van der Waals surface area (Å²) in [5, 5.41) is 8.99. The highest BCUT2D eigenvalue weighted by atomic mass is 16.5. The van der Waals surface area contributed by atoms with Crippen molar-refractivity contribution >= 4 is 0 Å². The molecule has 0 aliphatic carbocycles. The number of para-hydroxylation sites is 1. The number of nitriles is 1. The van der Waals surface area contributed by atoms with Gasteiger partial charge in [-0.1, -0.05) is 39.0 Å². The van der Waals surface area contributed by atoms with Crippen LogP contribution < -0.4 is 4.74 Å². The summed E-state index contributed by atoms with van der Waals surface area (Å²) in [6, 6.07) is 9.72. The van der Waals surface area contributed by atoms with Gasteiger partial charge in [0.15, 0.2) is 0 Å². The number of ether oxygens (including phenoxy) is 1. The van der Waals surface area contributed by atoms with Gasteiger partial charge in [0.2, 0.25) is 5.69 Å². The van der Waals surface area contributed by atoms with Crippen molar-refractivity contribution in [1.82, 2.24) is 9.97 Å². The summed E-state index contributed by atoms with van der Waals surface area (Å²) in [7, 11) is 0. The molecule has 0 aliphatic heterocycles. The molecule has 4 nitrogen and oxygen atoms in total. The lowest BCUT2D eigenvalue weighted by atomic mass is 9.86. The summed E-state index contributed by atoms with van der Waals surface area (Å²) in [6.07, 6.45) is 2.98. The minimum atomic E-state index is -0.0500. The Balaban J connectivity index is 2.43. The van der Waals surface area contributed by atoms with Crippen LogP contribution in [0.3, 0.4) is 0 Å². The zero-order valence-electron chi connectivity index (χ0n) is 11.2. The fourth-order valence-corrected chi connectivity index (χ4v) is 1.76. The van der Waals surface area contributed by atoms with E-state index in [1.807, 2.05) is 30.3 Å². The minimum Gasteiger partial charge on any atom is -0.436 e. The molecule has 2 aromatic rings. The number of hydrogen-bond donors (Lipinski definition) is 0. The van der Waals surface area contributed by atoms with Crippen molar-refractivity contribution in [3.8, 4) is 17.7 Å². The molecule has 0 bridgehead atoms. The Hall–Kier alpha value is -2.41. The van der Waals surface area contributed by atoms with E-state index in [1.165, 1.54) is 12.4 Å². The molecule has 0 unspecified atom stereocenters. The van der Waals surface area contributed by atoms with E-state index in [0.29, 0.717) is 5.75 Å². The van der Waals surface area contributed by atoms with Crippen LogP contribution in [0.1, 0.15) is 32.0 Å². The van der Waals surface area contributed by atoms with Gasteiger partial charge in [-0.15, -0.1) is 0 Å². The van der Waals surface area contributed by atoms with Gasteiger partial charge in [-0.2, -0.15) is 5.26 Å². The van der Waals surface area contributed by atoms with Gasteiger partial charge in [-0.3, -0.25) is 0 Å². The Bertz CT molecular complexity index is 624. The van der Waals surface area contributed by atoms with Crippen molar-refractivity contribution in [2.45, 2.75) is 26.2 Å². The molecular weight excluding hydrogens is 238 g/mol. The monoisotopic (exact) mass is 253 g/mol. The first-order valence-corrected chi connectivity index (χ1v) is 6.01. The molecule has 0 N–H and O–H groups in total. The maximum Gasteiger partial charge on any atom is 0.256 e. The Morgan fingerprint density at radius 2 is 1.79 bits per heavy atom. The van der Waals surface area contributed by atoms with Gasteiger partial charge in [0.05, 0.1) is 0 Å². The molecule has 4 heteroatoms. The molecule has 0 saturated heterocycles. The van der Waals surface area contributed by atoms with Gasteiger partial charge in [0.1, 0.15) is 11.8 Å². The smallest absolute Gasteiger partial charge is 0.256 e. The molecule has 1 heterocycles. The Labute approximate surface area is 112 Å². The van der Waals surface area contributed by atoms with E-state index in [4.69, 9.17) is 10.00 Å². The van der Waals surface area contributed by atoms with Crippen molar-refractivity contribution in [2.24, 2.45) is 0 Å². The van der Waals surface area contributed by atoms with Crippen molar-refractivity contribution in [3.05, 3.63) is 47.9 Å². The predicted octanol–water partition coefficient (Wildman–Crippen LogP) is 3.44. The van der Waals surface area contributed by atoms with Crippen LogP contribution in [-0.4, -0.2) is 9.97 Å². The third-order valence-corrected chi connectivity index (χ3v) is 2.67. The molecule has 0 radical (unpaired) electrons. The second kappa shape index (κ2) is 5.07. The fraction of sp³-hybridized carbons (Fsp3) is 0.267. The van der Waals surface area contributed by atoms with Crippen molar-refractivity contribution in [2.75, 3.05) is 0 Å². The second-order valence-corrected chi connectivity index (χ2v) is 5.17. The zero-order chi connectivity index (χ0) is 13.9. The average Bonchev–Trinajstić information content (AvgIpc) is 2.39. The van der Waals surface area contributed by atoms with Gasteiger partial charge in [0.25, 0.3) is 5.88 Å². The summed E-state index contributed by atoms with van der Waals surface area (Å²) in [5.74, 6) is 0.939. The second-order valence-electron chi connectivity index (χ2n) is 5.17. The lowest BCUT2D eigenvalue weighted by molar-refractivity contribution is 0.436. The normalized spacial score (nSPS) is 10.8. The average molecular weight is 253 g/mol. The number of aromatic nitrogens is 2. The molecule has 19 heavy (non-hydrogen) atoms. The van der Waals surface area contributed by atoms with Crippen LogP contribution in [0, 0.1) is 11.3 Å². The Morgan fingerprint density at radius 3 is 2.47 bits per heavy atom. The van der Waals surface area contributed by atoms with Crippen LogP contribution in [0.2, 0.25) is 0 Å². The maximum absolute atomic E-state index is 8.99. The van der Waals surface area contributed by atoms with E-state index in [0.717, 1.165) is 5.56 Å². The summed E-state index contributed by atoms with van der Waals surface area (Å²) in [6.45, 7) is 6.32. The standard InChI is InChI=1S/C15H15N3O/c1-15(2,3)11-6-4-5-7-13(11)19-14-12(10-16)17-8-9-18-14/h4-9H,1-3H3. The number of rotatable bonds is 2. The van der Waals surface area contributed by atoms with Crippen LogP contribution in [0.4, 0.5) is 0 Å². The van der Waals surface area contributed by atoms with Crippen LogP contribution in [0.15, 0.2) is 36.7 Å². The fourth-order valence-electron chi connectivity index (χ4n) is 1.76. The summed E-state index contributed by atoms with van der Waals surface area (Å²) in [4.78, 5) is 8.00. The molecule has 0 fully saturated rings. The van der Waals surface area contributed by atoms with E-state index < -0.39 is 0 Å². The van der Waals surface area contributed by atoms with Gasteiger partial charge in [0, 0.05) is 18.0 Å². The van der Waals surface area contributed by atoms with E-state index in [2.05, 4.69) is 30.7 Å². The first-order chi connectivity index (χ1) is 9.02. The number of hydrogen-bond acceptors (Lipinski definition) is 4. The van der Waals surface area contributed by atoms with Crippen LogP contribution in [0.5, 0.6) is 11.6 Å². The third kappa shape index (κ3) is 2.89. The molecule has 96 valence electrons. The van der Waals surface area contributed by atoms with Crippen molar-refractivity contribution < 1.29 is 4.74 Å². The molecule has 0 saturated carbocycles. The van der Waals surface area contributed by atoms with Gasteiger partial charge < -0.3 is 4.74 Å². The quantitative estimate of drug-likeness (QED) is 0.822. The maximum atomic E-state index is 8.99. The first-order valence-electron chi connectivity index (χ1n) is 6.01. The summed E-state index contributed by atoms with van der Waals surface area (Å²) in [5.41, 5.74) is 1.20. The SMILES string of the molecule is CC(C)(C)c1ccccc1Oc1nccnc1C#N. The van der Waals surface area contributed by atoms with Crippen molar-refractivity contribution in [1.29, 1.82) is 5.26 Å². The lowest BCUT2D eigenvalue weighted by Crippen LogP contribution is -2.12. The van der Waals surface area contributed by atoms with E-state index in [-0.39, 0.29) is 17.0 Å². The van der Waals surface area contributed by atoms with Gasteiger partial charge in [-0.25, -0.2) is 9.97 Å². The highest BCUT2D eigenvalue weighted by molar-refractivity contribution is 5.42. The van der Waals surface area contributed by atoms with Crippen molar-refractivity contribution in [3.63, 3.8) is 0 Å². The summed E-state index contributed by atoms with van der Waals surface area (Å²) >= 11 is 0. The number of benzene rings is 1. The topological polar surface area (TPSA) is 58.8 Å². The largest absolute Gasteiger partial charge is 0.436 e. The first kappa shape index (κ1) is 13.0.